The number of carbonyl (C=O) groups excluding carboxylic acids is 1. The van der Waals surface area contributed by atoms with Crippen molar-refractivity contribution in [2.75, 3.05) is 13.1 Å². The number of hydrogen-bond donors (Lipinski definition) is 0. The Morgan fingerprint density at radius 1 is 1.43 bits per heavy atom. The minimum absolute atomic E-state index is 0.0542. The van der Waals surface area contributed by atoms with E-state index in [9.17, 15) is 4.79 Å². The molecule has 112 valence electrons. The lowest BCUT2D eigenvalue weighted by Crippen LogP contribution is -2.30. The third-order valence-corrected chi connectivity index (χ3v) is 5.76. The summed E-state index contributed by atoms with van der Waals surface area (Å²) in [4.78, 5) is 14.5. The van der Waals surface area contributed by atoms with Gasteiger partial charge in [-0.25, -0.2) is 0 Å². The molecule has 0 radical (unpaired) electrons. The van der Waals surface area contributed by atoms with Gasteiger partial charge in [0, 0.05) is 17.4 Å². The summed E-state index contributed by atoms with van der Waals surface area (Å²) in [6, 6.07) is 0. The van der Waals surface area contributed by atoms with Crippen molar-refractivity contribution in [1.29, 1.82) is 0 Å². The van der Waals surface area contributed by atoms with Crippen molar-refractivity contribution < 1.29 is 4.79 Å². The summed E-state index contributed by atoms with van der Waals surface area (Å²) < 4.78 is 0.0542. The standard InChI is InChI=1S/C18H22BrNO/c1-13-9-14(7-8-18(13,2)19)10-17(21)20-11-15-5-3-4-6-16(15)12-20/h3,5,7,9H,4,6,8,10-12H2,1-2H3. The molecule has 0 saturated carbocycles. The van der Waals surface area contributed by atoms with E-state index in [-0.39, 0.29) is 10.2 Å². The number of rotatable bonds is 2. The smallest absolute Gasteiger partial charge is 0.227 e. The van der Waals surface area contributed by atoms with Crippen LogP contribution in [-0.2, 0) is 4.79 Å². The van der Waals surface area contributed by atoms with Gasteiger partial charge in [-0.1, -0.05) is 45.8 Å². The summed E-state index contributed by atoms with van der Waals surface area (Å²) in [6.07, 6.45) is 12.5. The molecule has 0 aromatic heterocycles. The highest BCUT2D eigenvalue weighted by molar-refractivity contribution is 9.10. The molecule has 0 aromatic rings. The molecule has 1 aliphatic heterocycles. The Bertz CT molecular complexity index is 592. The molecule has 2 nitrogen and oxygen atoms in total. The van der Waals surface area contributed by atoms with Gasteiger partial charge in [-0.05, 0) is 49.8 Å². The molecule has 1 atom stereocenters. The molecule has 0 saturated heterocycles. The third-order valence-electron chi connectivity index (χ3n) is 4.81. The molecule has 21 heavy (non-hydrogen) atoms. The minimum Gasteiger partial charge on any atom is -0.334 e. The van der Waals surface area contributed by atoms with Gasteiger partial charge in [-0.15, -0.1) is 0 Å². The second kappa shape index (κ2) is 5.60. The average Bonchev–Trinajstić information content (AvgIpc) is 2.87. The van der Waals surface area contributed by atoms with Crippen LogP contribution in [0.4, 0.5) is 0 Å². The average molecular weight is 348 g/mol. The third kappa shape index (κ3) is 3.08. The van der Waals surface area contributed by atoms with Gasteiger partial charge in [0.15, 0.2) is 0 Å². The molecule has 0 aromatic carbocycles. The zero-order valence-corrected chi connectivity index (χ0v) is 14.4. The van der Waals surface area contributed by atoms with E-state index >= 15 is 0 Å². The normalized spacial score (nSPS) is 28.4. The zero-order valence-electron chi connectivity index (χ0n) is 12.8. The number of carbonyl (C=O) groups is 1. The van der Waals surface area contributed by atoms with Crippen molar-refractivity contribution in [2.24, 2.45) is 0 Å². The highest BCUT2D eigenvalue weighted by Crippen LogP contribution is 2.36. The summed E-state index contributed by atoms with van der Waals surface area (Å²) in [5.74, 6) is 0.256. The molecule has 0 fully saturated rings. The van der Waals surface area contributed by atoms with Gasteiger partial charge in [0.25, 0.3) is 0 Å². The lowest BCUT2D eigenvalue weighted by atomic mass is 9.89. The van der Waals surface area contributed by atoms with E-state index < -0.39 is 0 Å². The van der Waals surface area contributed by atoms with E-state index in [0.717, 1.165) is 37.9 Å². The molecule has 3 rings (SSSR count). The fourth-order valence-electron chi connectivity index (χ4n) is 3.16. The molecule has 0 bridgehead atoms. The van der Waals surface area contributed by atoms with E-state index in [4.69, 9.17) is 0 Å². The van der Waals surface area contributed by atoms with Gasteiger partial charge in [-0.3, -0.25) is 4.79 Å². The maximum atomic E-state index is 12.5. The first-order chi connectivity index (χ1) is 9.95. The first-order valence-electron chi connectivity index (χ1n) is 7.68. The topological polar surface area (TPSA) is 20.3 Å². The van der Waals surface area contributed by atoms with Crippen molar-refractivity contribution in [3.05, 3.63) is 46.6 Å². The van der Waals surface area contributed by atoms with Gasteiger partial charge in [-0.2, -0.15) is 0 Å². The minimum atomic E-state index is 0.0542. The molecular formula is C18H22BrNO. The SMILES string of the molecule is CC1=CC(CC(=O)N2CC3=C(CCC=C3)C2)=CCC1(C)Br. The maximum absolute atomic E-state index is 12.5. The Hall–Kier alpha value is -1.09. The van der Waals surface area contributed by atoms with E-state index in [0.29, 0.717) is 6.42 Å². The van der Waals surface area contributed by atoms with Crippen LogP contribution in [0.15, 0.2) is 46.6 Å². The molecule has 0 spiro atoms. The Morgan fingerprint density at radius 2 is 2.24 bits per heavy atom. The molecule has 1 unspecified atom stereocenters. The number of nitrogens with zero attached hydrogens (tertiary/aromatic N) is 1. The van der Waals surface area contributed by atoms with Crippen LogP contribution in [0.25, 0.3) is 0 Å². The van der Waals surface area contributed by atoms with Gasteiger partial charge >= 0.3 is 0 Å². The molecule has 3 heteroatoms. The van der Waals surface area contributed by atoms with Crippen molar-refractivity contribution in [3.63, 3.8) is 0 Å². The van der Waals surface area contributed by atoms with E-state index in [1.54, 1.807) is 0 Å². The molecule has 1 heterocycles. The second-order valence-corrected chi connectivity index (χ2v) is 8.25. The van der Waals surface area contributed by atoms with E-state index in [2.05, 4.69) is 54.1 Å². The first-order valence-corrected chi connectivity index (χ1v) is 8.47. The van der Waals surface area contributed by atoms with Crippen LogP contribution in [0.3, 0.4) is 0 Å². The predicted octanol–water partition coefficient (Wildman–Crippen LogP) is 4.30. The van der Waals surface area contributed by atoms with Gasteiger partial charge in [0.1, 0.15) is 0 Å². The van der Waals surface area contributed by atoms with Crippen LogP contribution in [0.2, 0.25) is 0 Å². The van der Waals surface area contributed by atoms with Crippen LogP contribution >= 0.6 is 15.9 Å². The van der Waals surface area contributed by atoms with Gasteiger partial charge < -0.3 is 4.90 Å². The van der Waals surface area contributed by atoms with Crippen LogP contribution < -0.4 is 0 Å². The number of amides is 1. The zero-order chi connectivity index (χ0) is 15.0. The monoisotopic (exact) mass is 347 g/mol. The Morgan fingerprint density at radius 3 is 2.95 bits per heavy atom. The number of hydrogen-bond acceptors (Lipinski definition) is 1. The maximum Gasteiger partial charge on any atom is 0.227 e. The van der Waals surface area contributed by atoms with Crippen molar-refractivity contribution >= 4 is 21.8 Å². The summed E-state index contributed by atoms with van der Waals surface area (Å²) in [7, 11) is 0. The highest BCUT2D eigenvalue weighted by atomic mass is 79.9. The highest BCUT2D eigenvalue weighted by Gasteiger charge is 2.28. The molecule has 3 aliphatic rings. The second-order valence-electron chi connectivity index (χ2n) is 6.50. The lowest BCUT2D eigenvalue weighted by Gasteiger charge is -2.27. The van der Waals surface area contributed by atoms with Crippen molar-refractivity contribution in [3.8, 4) is 0 Å². The van der Waals surface area contributed by atoms with Crippen molar-refractivity contribution in [1.82, 2.24) is 4.90 Å². The van der Waals surface area contributed by atoms with Crippen LogP contribution in [-0.4, -0.2) is 28.2 Å². The first kappa shape index (κ1) is 14.8. The molecule has 1 amide bonds. The number of halogens is 1. The molecular weight excluding hydrogens is 326 g/mol. The predicted molar refractivity (Wildman–Crippen MR) is 90.4 cm³/mol. The summed E-state index contributed by atoms with van der Waals surface area (Å²) in [5.41, 5.74) is 5.29. The van der Waals surface area contributed by atoms with E-state index in [1.807, 2.05) is 4.90 Å². The van der Waals surface area contributed by atoms with E-state index in [1.165, 1.54) is 16.7 Å². The molecule has 2 aliphatic carbocycles. The summed E-state index contributed by atoms with van der Waals surface area (Å²) >= 11 is 3.74. The fourth-order valence-corrected chi connectivity index (χ4v) is 3.43. The fraction of sp³-hybridized carbons (Fsp3) is 0.500. The summed E-state index contributed by atoms with van der Waals surface area (Å²) in [6.45, 7) is 5.95. The van der Waals surface area contributed by atoms with Crippen LogP contribution in [0.1, 0.15) is 39.5 Å². The van der Waals surface area contributed by atoms with Crippen LogP contribution in [0, 0.1) is 0 Å². The Labute approximate surface area is 135 Å². The van der Waals surface area contributed by atoms with Crippen molar-refractivity contribution in [2.45, 2.75) is 43.9 Å². The quantitative estimate of drug-likeness (QED) is 0.682. The number of allylic oxidation sites excluding steroid dienone is 4. The van der Waals surface area contributed by atoms with Crippen LogP contribution in [0.5, 0.6) is 0 Å². The van der Waals surface area contributed by atoms with Gasteiger partial charge in [0.2, 0.25) is 5.91 Å². The Balaban J connectivity index is 1.62. The number of alkyl halides is 1. The largest absolute Gasteiger partial charge is 0.334 e. The molecule has 0 N–H and O–H groups in total. The Kier molecular flexibility index (Phi) is 3.96. The summed E-state index contributed by atoms with van der Waals surface area (Å²) in [5, 5.41) is 0. The van der Waals surface area contributed by atoms with Gasteiger partial charge in [0.05, 0.1) is 6.42 Å². The lowest BCUT2D eigenvalue weighted by molar-refractivity contribution is -0.129.